The number of nitrogens with zero attached hydrogens (tertiary/aromatic N) is 1. The predicted molar refractivity (Wildman–Crippen MR) is 86.2 cm³/mol. The van der Waals surface area contributed by atoms with Crippen LogP contribution >= 0.6 is 0 Å². The number of carbonyl (C=O) groups excluding carboxylic acids is 1. The molecule has 0 fully saturated rings. The van der Waals surface area contributed by atoms with E-state index >= 15 is 0 Å². The van der Waals surface area contributed by atoms with Crippen LogP contribution in [0.2, 0.25) is 0 Å². The van der Waals surface area contributed by atoms with Gasteiger partial charge in [0.05, 0.1) is 0 Å². The number of hydrogen-bond acceptors (Lipinski definition) is 4. The molecule has 0 saturated carbocycles. The van der Waals surface area contributed by atoms with Gasteiger partial charge in [-0.3, -0.25) is 4.79 Å². The van der Waals surface area contributed by atoms with Gasteiger partial charge in [0.25, 0.3) is 5.91 Å². The summed E-state index contributed by atoms with van der Waals surface area (Å²) in [5.41, 5.74) is 1.44. The van der Waals surface area contributed by atoms with Crippen LogP contribution < -0.4 is 10.1 Å². The maximum atomic E-state index is 12.4. The van der Waals surface area contributed by atoms with Crippen LogP contribution in [0.1, 0.15) is 16.1 Å². The summed E-state index contributed by atoms with van der Waals surface area (Å²) in [5.74, 6) is -1.01. The Hall–Kier alpha value is -3.29. The van der Waals surface area contributed by atoms with Crippen molar-refractivity contribution >= 4 is 5.91 Å². The smallest absolute Gasteiger partial charge is 0.405 e. The van der Waals surface area contributed by atoms with Gasteiger partial charge in [-0.1, -0.05) is 53.7 Å². The Labute approximate surface area is 146 Å². The van der Waals surface area contributed by atoms with Crippen LogP contribution in [0, 0.1) is 0 Å². The molecule has 0 unspecified atom stereocenters. The first-order valence-electron chi connectivity index (χ1n) is 7.56. The number of halogens is 3. The molecule has 2 aromatic carbocycles. The molecule has 0 spiro atoms. The van der Waals surface area contributed by atoms with Crippen molar-refractivity contribution in [3.63, 3.8) is 0 Å². The molecule has 5 nitrogen and oxygen atoms in total. The number of nitrogens with one attached hydrogen (secondary N) is 1. The highest BCUT2D eigenvalue weighted by atomic mass is 19.4. The van der Waals surface area contributed by atoms with E-state index in [-0.39, 0.29) is 23.6 Å². The van der Waals surface area contributed by atoms with E-state index in [9.17, 15) is 18.0 Å². The Balaban J connectivity index is 1.68. The number of rotatable bonds is 5. The van der Waals surface area contributed by atoms with Crippen LogP contribution in [0.4, 0.5) is 13.2 Å². The fourth-order valence-electron chi connectivity index (χ4n) is 2.26. The summed E-state index contributed by atoms with van der Waals surface area (Å²) in [6.07, 6.45) is -4.81. The quantitative estimate of drug-likeness (QED) is 0.740. The van der Waals surface area contributed by atoms with E-state index in [0.29, 0.717) is 5.69 Å². The molecule has 0 aliphatic heterocycles. The molecule has 26 heavy (non-hydrogen) atoms. The zero-order chi connectivity index (χ0) is 18.6. The van der Waals surface area contributed by atoms with Gasteiger partial charge in [0.2, 0.25) is 5.76 Å². The number of alkyl halides is 3. The van der Waals surface area contributed by atoms with Gasteiger partial charge < -0.3 is 14.6 Å². The maximum absolute atomic E-state index is 12.4. The zero-order valence-corrected chi connectivity index (χ0v) is 13.3. The molecule has 1 aromatic heterocycles. The molecular weight excluding hydrogens is 349 g/mol. The number of carbonyl (C=O) groups is 1. The molecule has 0 saturated heterocycles. The molecule has 1 heterocycles. The summed E-state index contributed by atoms with van der Waals surface area (Å²) in [5, 5.41) is 6.31. The lowest BCUT2D eigenvalue weighted by Gasteiger charge is -2.13. The molecule has 0 bridgehead atoms. The van der Waals surface area contributed by atoms with Crippen molar-refractivity contribution in [2.24, 2.45) is 0 Å². The fraction of sp³-hybridized carbons (Fsp3) is 0.111. The third-order valence-corrected chi connectivity index (χ3v) is 3.44. The second-order valence-corrected chi connectivity index (χ2v) is 5.28. The van der Waals surface area contributed by atoms with Crippen molar-refractivity contribution in [2.45, 2.75) is 12.9 Å². The van der Waals surface area contributed by atoms with Gasteiger partial charge in [0.1, 0.15) is 11.4 Å². The normalized spacial score (nSPS) is 11.2. The minimum absolute atomic E-state index is 0.0435. The van der Waals surface area contributed by atoms with Crippen LogP contribution in [0.3, 0.4) is 0 Å². The van der Waals surface area contributed by atoms with Crippen LogP contribution in [0.15, 0.2) is 65.2 Å². The van der Waals surface area contributed by atoms with E-state index < -0.39 is 12.3 Å². The number of benzene rings is 2. The highest BCUT2D eigenvalue weighted by molar-refractivity contribution is 5.92. The van der Waals surface area contributed by atoms with E-state index in [1.807, 2.05) is 30.3 Å². The third-order valence-electron chi connectivity index (χ3n) is 3.44. The minimum atomic E-state index is -4.81. The summed E-state index contributed by atoms with van der Waals surface area (Å²) < 4.78 is 46.2. The topological polar surface area (TPSA) is 64.4 Å². The van der Waals surface area contributed by atoms with Crippen molar-refractivity contribution in [1.82, 2.24) is 10.5 Å². The average molecular weight is 362 g/mol. The Kier molecular flexibility index (Phi) is 4.92. The summed E-state index contributed by atoms with van der Waals surface area (Å²) in [7, 11) is 0. The minimum Gasteiger partial charge on any atom is -0.405 e. The van der Waals surface area contributed by atoms with E-state index in [0.717, 1.165) is 5.56 Å². The first-order valence-corrected chi connectivity index (χ1v) is 7.56. The molecule has 0 radical (unpaired) electrons. The lowest BCUT2D eigenvalue weighted by Crippen LogP contribution is -2.24. The Morgan fingerprint density at radius 3 is 2.50 bits per heavy atom. The van der Waals surface area contributed by atoms with E-state index in [2.05, 4.69) is 15.2 Å². The number of hydrogen-bond donors (Lipinski definition) is 1. The predicted octanol–water partition coefficient (Wildman–Crippen LogP) is 4.17. The second-order valence-electron chi connectivity index (χ2n) is 5.28. The Morgan fingerprint density at radius 2 is 1.77 bits per heavy atom. The highest BCUT2D eigenvalue weighted by Gasteiger charge is 2.32. The maximum Gasteiger partial charge on any atom is 0.573 e. The van der Waals surface area contributed by atoms with Gasteiger partial charge in [-0.25, -0.2) is 0 Å². The highest BCUT2D eigenvalue weighted by Crippen LogP contribution is 2.26. The molecule has 1 N–H and O–H groups in total. The largest absolute Gasteiger partial charge is 0.573 e. The van der Waals surface area contributed by atoms with Gasteiger partial charge in [0.15, 0.2) is 0 Å². The molecule has 134 valence electrons. The first-order chi connectivity index (χ1) is 12.4. The van der Waals surface area contributed by atoms with Crippen molar-refractivity contribution < 1.29 is 27.2 Å². The monoisotopic (exact) mass is 362 g/mol. The van der Waals surface area contributed by atoms with Gasteiger partial charge in [-0.15, -0.1) is 13.2 Å². The molecule has 3 rings (SSSR count). The van der Waals surface area contributed by atoms with Crippen LogP contribution in [0.5, 0.6) is 5.75 Å². The number of amides is 1. The molecular formula is C18H13F3N2O3. The van der Waals surface area contributed by atoms with Gasteiger partial charge in [-0.2, -0.15) is 0 Å². The van der Waals surface area contributed by atoms with Crippen LogP contribution in [-0.2, 0) is 6.54 Å². The third kappa shape index (κ3) is 4.41. The molecule has 0 aliphatic carbocycles. The Morgan fingerprint density at radius 1 is 1.08 bits per heavy atom. The molecule has 1 amide bonds. The van der Waals surface area contributed by atoms with Crippen molar-refractivity contribution in [3.8, 4) is 17.0 Å². The van der Waals surface area contributed by atoms with Crippen molar-refractivity contribution in [2.75, 3.05) is 0 Å². The molecule has 0 aliphatic rings. The van der Waals surface area contributed by atoms with Gasteiger partial charge >= 0.3 is 6.36 Å². The van der Waals surface area contributed by atoms with E-state index in [1.165, 1.54) is 24.3 Å². The number of para-hydroxylation sites is 1. The lowest BCUT2D eigenvalue weighted by atomic mass is 10.1. The van der Waals surface area contributed by atoms with Gasteiger partial charge in [0, 0.05) is 23.7 Å². The van der Waals surface area contributed by atoms with Crippen LogP contribution in [0.25, 0.3) is 11.3 Å². The molecule has 0 atom stereocenters. The van der Waals surface area contributed by atoms with Crippen LogP contribution in [-0.4, -0.2) is 17.4 Å². The molecule has 3 aromatic rings. The Bertz CT molecular complexity index is 892. The SMILES string of the molecule is O=C(NCc1ccccc1OC(F)(F)F)c1cc(-c2ccccc2)no1. The summed E-state index contributed by atoms with van der Waals surface area (Å²) in [6.45, 7) is -0.160. The first kappa shape index (κ1) is 17.5. The van der Waals surface area contributed by atoms with E-state index in [4.69, 9.17) is 4.52 Å². The summed E-state index contributed by atoms with van der Waals surface area (Å²) in [4.78, 5) is 12.2. The molecule has 8 heteroatoms. The van der Waals surface area contributed by atoms with E-state index in [1.54, 1.807) is 6.07 Å². The summed E-state index contributed by atoms with van der Waals surface area (Å²) >= 11 is 0. The fourth-order valence-corrected chi connectivity index (χ4v) is 2.26. The number of ether oxygens (including phenoxy) is 1. The second kappa shape index (κ2) is 7.30. The van der Waals surface area contributed by atoms with Crippen molar-refractivity contribution in [3.05, 3.63) is 72.0 Å². The average Bonchev–Trinajstić information content (AvgIpc) is 3.10. The standard InChI is InChI=1S/C18H13F3N2O3/c19-18(20,21)25-15-9-5-4-8-13(15)11-22-17(24)16-10-14(23-26-16)12-6-2-1-3-7-12/h1-10H,11H2,(H,22,24). The summed E-state index contributed by atoms with van der Waals surface area (Å²) in [6, 6.07) is 16.1. The zero-order valence-electron chi connectivity index (χ0n) is 13.3. The lowest BCUT2D eigenvalue weighted by molar-refractivity contribution is -0.274. The van der Waals surface area contributed by atoms with Gasteiger partial charge in [-0.05, 0) is 6.07 Å². The van der Waals surface area contributed by atoms with Crippen molar-refractivity contribution in [1.29, 1.82) is 0 Å². The number of aromatic nitrogens is 1.